The number of amides is 1. The highest BCUT2D eigenvalue weighted by atomic mass is 16.5. The van der Waals surface area contributed by atoms with E-state index in [9.17, 15) is 4.79 Å². The fourth-order valence-corrected chi connectivity index (χ4v) is 3.28. The number of aromatic nitrogens is 4. The van der Waals surface area contributed by atoms with E-state index in [1.807, 2.05) is 24.3 Å². The largest absolute Gasteiger partial charge is 0.339 e. The molecule has 1 fully saturated rings. The number of rotatable bonds is 7. The number of hydrogen-bond donors (Lipinski definition) is 0. The highest BCUT2D eigenvalue weighted by Gasteiger charge is 2.30. The SMILES string of the molecule is CCCc1noc(CCCC(=O)N2CCCC2c2cnn(C)c2)n1. The van der Waals surface area contributed by atoms with Crippen LogP contribution in [0.15, 0.2) is 16.9 Å². The van der Waals surface area contributed by atoms with Crippen molar-refractivity contribution in [3.8, 4) is 0 Å². The van der Waals surface area contributed by atoms with Crippen molar-refractivity contribution < 1.29 is 9.32 Å². The highest BCUT2D eigenvalue weighted by molar-refractivity contribution is 5.77. The van der Waals surface area contributed by atoms with Crippen LogP contribution in [0.1, 0.15) is 62.3 Å². The fourth-order valence-electron chi connectivity index (χ4n) is 3.28. The van der Waals surface area contributed by atoms with Crippen molar-refractivity contribution in [2.75, 3.05) is 6.54 Å². The second-order valence-electron chi connectivity index (χ2n) is 6.40. The molecule has 3 heterocycles. The van der Waals surface area contributed by atoms with Crippen molar-refractivity contribution in [2.24, 2.45) is 7.05 Å². The molecule has 0 aromatic carbocycles. The molecule has 2 aromatic heterocycles. The van der Waals surface area contributed by atoms with Crippen LogP contribution in [0.4, 0.5) is 0 Å². The quantitative estimate of drug-likeness (QED) is 0.779. The van der Waals surface area contributed by atoms with E-state index in [1.165, 1.54) is 0 Å². The average molecular weight is 331 g/mol. The van der Waals surface area contributed by atoms with Gasteiger partial charge in [0.2, 0.25) is 11.8 Å². The minimum atomic E-state index is 0.172. The Balaban J connectivity index is 1.50. The van der Waals surface area contributed by atoms with Gasteiger partial charge in [-0.2, -0.15) is 10.1 Å². The summed E-state index contributed by atoms with van der Waals surface area (Å²) >= 11 is 0. The summed E-state index contributed by atoms with van der Waals surface area (Å²) in [6.07, 6.45) is 9.69. The Morgan fingerprint density at radius 1 is 1.42 bits per heavy atom. The first-order valence-corrected chi connectivity index (χ1v) is 8.77. The fraction of sp³-hybridized carbons (Fsp3) is 0.647. The lowest BCUT2D eigenvalue weighted by Crippen LogP contribution is -2.30. The maximum Gasteiger partial charge on any atom is 0.226 e. The zero-order chi connectivity index (χ0) is 16.9. The molecule has 1 atom stereocenters. The molecule has 0 saturated carbocycles. The maximum absolute atomic E-state index is 12.6. The molecular weight excluding hydrogens is 306 g/mol. The first-order valence-electron chi connectivity index (χ1n) is 8.77. The second-order valence-corrected chi connectivity index (χ2v) is 6.40. The van der Waals surface area contributed by atoms with Crippen LogP contribution in [0.2, 0.25) is 0 Å². The second kappa shape index (κ2) is 7.59. The third kappa shape index (κ3) is 3.83. The van der Waals surface area contributed by atoms with Gasteiger partial charge in [-0.05, 0) is 25.7 Å². The van der Waals surface area contributed by atoms with Crippen LogP contribution in [0, 0.1) is 0 Å². The van der Waals surface area contributed by atoms with E-state index in [1.54, 1.807) is 4.68 Å². The summed E-state index contributed by atoms with van der Waals surface area (Å²) in [6.45, 7) is 2.92. The maximum atomic E-state index is 12.6. The summed E-state index contributed by atoms with van der Waals surface area (Å²) in [5.74, 6) is 1.60. The van der Waals surface area contributed by atoms with E-state index in [0.717, 1.165) is 50.0 Å². The number of carbonyl (C=O) groups is 1. The monoisotopic (exact) mass is 331 g/mol. The number of aryl methyl sites for hydroxylation is 3. The molecule has 0 N–H and O–H groups in total. The summed E-state index contributed by atoms with van der Waals surface area (Å²) in [5.41, 5.74) is 1.13. The molecule has 7 heteroatoms. The van der Waals surface area contributed by atoms with Crippen molar-refractivity contribution in [3.63, 3.8) is 0 Å². The molecule has 0 radical (unpaired) electrons. The Hall–Kier alpha value is -2.18. The van der Waals surface area contributed by atoms with Crippen molar-refractivity contribution >= 4 is 5.91 Å². The molecule has 0 aliphatic carbocycles. The van der Waals surface area contributed by atoms with Crippen molar-refractivity contribution in [1.82, 2.24) is 24.8 Å². The summed E-state index contributed by atoms with van der Waals surface area (Å²) in [6, 6.07) is 0.172. The third-order valence-electron chi connectivity index (χ3n) is 4.45. The average Bonchev–Trinajstić information content (AvgIpc) is 3.27. The molecule has 1 amide bonds. The van der Waals surface area contributed by atoms with Crippen LogP contribution < -0.4 is 0 Å². The van der Waals surface area contributed by atoms with E-state index in [-0.39, 0.29) is 11.9 Å². The number of likely N-dealkylation sites (tertiary alicyclic amines) is 1. The Morgan fingerprint density at radius 3 is 3.04 bits per heavy atom. The van der Waals surface area contributed by atoms with Gasteiger partial charge in [0.25, 0.3) is 0 Å². The minimum absolute atomic E-state index is 0.172. The molecule has 1 aliphatic rings. The summed E-state index contributed by atoms with van der Waals surface area (Å²) < 4.78 is 7.01. The van der Waals surface area contributed by atoms with Gasteiger partial charge in [0.1, 0.15) is 0 Å². The zero-order valence-corrected chi connectivity index (χ0v) is 14.4. The van der Waals surface area contributed by atoms with Gasteiger partial charge in [0.15, 0.2) is 5.82 Å². The Morgan fingerprint density at radius 2 is 2.29 bits per heavy atom. The molecule has 3 rings (SSSR count). The van der Waals surface area contributed by atoms with Crippen LogP contribution in [0.3, 0.4) is 0 Å². The molecule has 130 valence electrons. The van der Waals surface area contributed by atoms with Crippen molar-refractivity contribution in [2.45, 2.75) is 57.9 Å². The standard InChI is InChI=1S/C17H25N5O2/c1-3-6-15-19-16(24-20-15)8-4-9-17(23)22-10-5-7-14(22)13-11-18-21(2)12-13/h11-12,14H,3-10H2,1-2H3. The molecule has 1 saturated heterocycles. The van der Waals surface area contributed by atoms with E-state index in [2.05, 4.69) is 22.2 Å². The number of carbonyl (C=O) groups excluding carboxylic acids is 1. The topological polar surface area (TPSA) is 77.0 Å². The Labute approximate surface area is 142 Å². The van der Waals surface area contributed by atoms with Crippen molar-refractivity contribution in [3.05, 3.63) is 29.7 Å². The first kappa shape index (κ1) is 16.7. The van der Waals surface area contributed by atoms with Gasteiger partial charge < -0.3 is 9.42 Å². The molecule has 2 aromatic rings. The summed E-state index contributed by atoms with van der Waals surface area (Å²) in [5, 5.41) is 8.17. The van der Waals surface area contributed by atoms with Crippen LogP contribution in [-0.2, 0) is 24.7 Å². The molecular formula is C17H25N5O2. The van der Waals surface area contributed by atoms with E-state index >= 15 is 0 Å². The van der Waals surface area contributed by atoms with Crippen LogP contribution in [-0.4, -0.2) is 37.3 Å². The van der Waals surface area contributed by atoms with E-state index in [0.29, 0.717) is 18.7 Å². The van der Waals surface area contributed by atoms with Crippen molar-refractivity contribution in [1.29, 1.82) is 0 Å². The molecule has 24 heavy (non-hydrogen) atoms. The van der Waals surface area contributed by atoms with Crippen LogP contribution >= 0.6 is 0 Å². The predicted octanol–water partition coefficient (Wildman–Crippen LogP) is 2.44. The van der Waals surface area contributed by atoms with Gasteiger partial charge >= 0.3 is 0 Å². The van der Waals surface area contributed by atoms with E-state index in [4.69, 9.17) is 4.52 Å². The van der Waals surface area contributed by atoms with Gasteiger partial charge in [-0.3, -0.25) is 9.48 Å². The van der Waals surface area contributed by atoms with Crippen LogP contribution in [0.5, 0.6) is 0 Å². The van der Waals surface area contributed by atoms with Gasteiger partial charge in [0, 0.05) is 44.6 Å². The normalized spacial score (nSPS) is 17.6. The van der Waals surface area contributed by atoms with E-state index < -0.39 is 0 Å². The number of hydrogen-bond acceptors (Lipinski definition) is 5. The zero-order valence-electron chi connectivity index (χ0n) is 14.4. The molecule has 1 aliphatic heterocycles. The summed E-state index contributed by atoms with van der Waals surface area (Å²) in [4.78, 5) is 18.9. The van der Waals surface area contributed by atoms with Gasteiger partial charge in [0.05, 0.1) is 12.2 Å². The van der Waals surface area contributed by atoms with Gasteiger partial charge in [-0.15, -0.1) is 0 Å². The minimum Gasteiger partial charge on any atom is -0.339 e. The Bertz CT molecular complexity index is 678. The molecule has 0 bridgehead atoms. The Kier molecular flexibility index (Phi) is 5.27. The molecule has 1 unspecified atom stereocenters. The first-order chi connectivity index (χ1) is 11.7. The lowest BCUT2D eigenvalue weighted by Gasteiger charge is -2.23. The number of nitrogens with zero attached hydrogens (tertiary/aromatic N) is 5. The third-order valence-corrected chi connectivity index (χ3v) is 4.45. The lowest BCUT2D eigenvalue weighted by atomic mass is 10.1. The summed E-state index contributed by atoms with van der Waals surface area (Å²) in [7, 11) is 1.90. The highest BCUT2D eigenvalue weighted by Crippen LogP contribution is 2.32. The smallest absolute Gasteiger partial charge is 0.226 e. The predicted molar refractivity (Wildman–Crippen MR) is 88.1 cm³/mol. The van der Waals surface area contributed by atoms with Gasteiger partial charge in [-0.1, -0.05) is 12.1 Å². The molecule has 0 spiro atoms. The lowest BCUT2D eigenvalue weighted by molar-refractivity contribution is -0.132. The van der Waals surface area contributed by atoms with Crippen LogP contribution in [0.25, 0.3) is 0 Å². The van der Waals surface area contributed by atoms with Gasteiger partial charge in [-0.25, -0.2) is 0 Å². The molecule has 7 nitrogen and oxygen atoms in total.